The fourth-order valence-corrected chi connectivity index (χ4v) is 4.49. The van der Waals surface area contributed by atoms with E-state index in [1.165, 1.54) is 5.56 Å². The van der Waals surface area contributed by atoms with Crippen LogP contribution in [-0.2, 0) is 12.8 Å². The molecule has 0 aliphatic heterocycles. The van der Waals surface area contributed by atoms with Crippen LogP contribution >= 0.6 is 11.8 Å². The molecule has 4 heteroatoms. The topological polar surface area (TPSA) is 45.9 Å². The van der Waals surface area contributed by atoms with Gasteiger partial charge in [0.15, 0.2) is 0 Å². The van der Waals surface area contributed by atoms with Gasteiger partial charge in [0.1, 0.15) is 16.8 Å². The lowest BCUT2D eigenvalue weighted by molar-refractivity contribution is 0.415. The third-order valence-corrected chi connectivity index (χ3v) is 5.89. The van der Waals surface area contributed by atoms with Crippen LogP contribution in [0.25, 0.3) is 11.1 Å². The second-order valence-electron chi connectivity index (χ2n) is 6.55. The second-order valence-corrected chi connectivity index (χ2v) is 7.62. The van der Waals surface area contributed by atoms with Gasteiger partial charge in [-0.1, -0.05) is 42.1 Å². The van der Waals surface area contributed by atoms with Crippen LogP contribution in [0.5, 0.6) is 5.75 Å². The highest BCUT2D eigenvalue weighted by Crippen LogP contribution is 2.40. The van der Waals surface area contributed by atoms with Gasteiger partial charge in [-0.15, -0.1) is 0 Å². The quantitative estimate of drug-likeness (QED) is 0.593. The molecule has 3 nitrogen and oxygen atoms in total. The van der Waals surface area contributed by atoms with E-state index in [0.29, 0.717) is 5.56 Å². The van der Waals surface area contributed by atoms with E-state index in [-0.39, 0.29) is 0 Å². The van der Waals surface area contributed by atoms with Gasteiger partial charge >= 0.3 is 0 Å². The molecule has 0 radical (unpaired) electrons. The van der Waals surface area contributed by atoms with Crippen LogP contribution in [0.1, 0.15) is 29.7 Å². The summed E-state index contributed by atoms with van der Waals surface area (Å²) >= 11 is 1.57. The monoisotopic (exact) mass is 372 g/mol. The zero-order valence-corrected chi connectivity index (χ0v) is 16.1. The highest BCUT2D eigenvalue weighted by molar-refractivity contribution is 7.99. The Hall–Kier alpha value is -2.77. The van der Waals surface area contributed by atoms with E-state index in [9.17, 15) is 5.26 Å². The van der Waals surface area contributed by atoms with Gasteiger partial charge in [0.05, 0.1) is 12.7 Å². The van der Waals surface area contributed by atoms with Gasteiger partial charge in [0.2, 0.25) is 0 Å². The normalized spacial score (nSPS) is 12.9. The van der Waals surface area contributed by atoms with Crippen LogP contribution in [0.15, 0.2) is 64.5 Å². The highest BCUT2D eigenvalue weighted by atomic mass is 32.2. The molecule has 0 unspecified atom stereocenters. The van der Waals surface area contributed by atoms with Gasteiger partial charge in [-0.3, -0.25) is 0 Å². The molecule has 0 saturated carbocycles. The summed E-state index contributed by atoms with van der Waals surface area (Å²) in [7, 11) is 1.67. The first kappa shape index (κ1) is 17.6. The average molecular weight is 372 g/mol. The summed E-state index contributed by atoms with van der Waals surface area (Å²) in [6, 6.07) is 20.6. The minimum absolute atomic E-state index is 0.676. The van der Waals surface area contributed by atoms with Gasteiger partial charge in [0.25, 0.3) is 0 Å². The van der Waals surface area contributed by atoms with Gasteiger partial charge < -0.3 is 4.74 Å². The fourth-order valence-electron chi connectivity index (χ4n) is 3.57. The first-order valence-electron chi connectivity index (χ1n) is 9.13. The summed E-state index contributed by atoms with van der Waals surface area (Å²) in [5, 5.41) is 10.8. The Kier molecular flexibility index (Phi) is 5.13. The van der Waals surface area contributed by atoms with Gasteiger partial charge in [-0.25, -0.2) is 4.98 Å². The Morgan fingerprint density at radius 2 is 1.74 bits per heavy atom. The summed E-state index contributed by atoms with van der Waals surface area (Å²) in [5.74, 6) is 0.819. The number of ether oxygens (including phenoxy) is 1. The third kappa shape index (κ3) is 3.56. The summed E-state index contributed by atoms with van der Waals surface area (Å²) in [6.45, 7) is 0. The maximum atomic E-state index is 10.0. The van der Waals surface area contributed by atoms with Gasteiger partial charge in [-0.05, 0) is 61.1 Å². The number of nitriles is 1. The van der Waals surface area contributed by atoms with Crippen molar-refractivity contribution in [2.45, 2.75) is 35.6 Å². The van der Waals surface area contributed by atoms with Crippen molar-refractivity contribution < 1.29 is 4.74 Å². The molecule has 2 aromatic carbocycles. The Bertz CT molecular complexity index is 992. The van der Waals surface area contributed by atoms with E-state index >= 15 is 0 Å². The molecular weight excluding hydrogens is 352 g/mol. The number of nitrogens with zero attached hydrogens (tertiary/aromatic N) is 2. The van der Waals surface area contributed by atoms with Crippen molar-refractivity contribution in [1.82, 2.24) is 4.98 Å². The minimum Gasteiger partial charge on any atom is -0.497 e. The summed E-state index contributed by atoms with van der Waals surface area (Å²) in [4.78, 5) is 6.01. The summed E-state index contributed by atoms with van der Waals surface area (Å²) in [6.07, 6.45) is 4.26. The largest absolute Gasteiger partial charge is 0.497 e. The summed E-state index contributed by atoms with van der Waals surface area (Å²) < 4.78 is 5.30. The van der Waals surface area contributed by atoms with E-state index in [0.717, 1.165) is 58.2 Å². The molecule has 1 aromatic heterocycles. The Morgan fingerprint density at radius 3 is 2.44 bits per heavy atom. The number of hydrogen-bond donors (Lipinski definition) is 0. The third-order valence-electron chi connectivity index (χ3n) is 4.89. The van der Waals surface area contributed by atoms with Crippen molar-refractivity contribution in [2.75, 3.05) is 7.11 Å². The Morgan fingerprint density at radius 1 is 1.00 bits per heavy atom. The molecule has 0 spiro atoms. The molecular formula is C23H20N2OS. The van der Waals surface area contributed by atoms with Crippen LogP contribution in [0.3, 0.4) is 0 Å². The van der Waals surface area contributed by atoms with Crippen molar-refractivity contribution in [3.8, 4) is 22.9 Å². The molecule has 1 aliphatic rings. The van der Waals surface area contributed by atoms with Crippen LogP contribution < -0.4 is 4.74 Å². The standard InChI is InChI=1S/C23H20N2OS/c1-26-17-13-11-16(12-14-17)22-19-9-5-6-10-21(19)25-23(20(22)15-24)27-18-7-3-2-4-8-18/h2-4,7-8,11-14H,5-6,9-10H2,1H3. The number of methoxy groups -OCH3 is 1. The molecule has 4 rings (SSSR count). The first-order valence-corrected chi connectivity index (χ1v) is 9.95. The van der Waals surface area contributed by atoms with E-state index in [4.69, 9.17) is 9.72 Å². The number of pyridine rings is 1. The minimum atomic E-state index is 0.676. The number of rotatable bonds is 4. The molecule has 1 aliphatic carbocycles. The lowest BCUT2D eigenvalue weighted by atomic mass is 9.87. The molecule has 0 bridgehead atoms. The van der Waals surface area contributed by atoms with E-state index < -0.39 is 0 Å². The maximum absolute atomic E-state index is 10.0. The molecule has 0 saturated heterocycles. The molecule has 0 N–H and O–H groups in total. The average Bonchev–Trinajstić information content (AvgIpc) is 2.73. The molecule has 0 atom stereocenters. The molecule has 0 amide bonds. The van der Waals surface area contributed by atoms with Crippen LogP contribution in [-0.4, -0.2) is 12.1 Å². The number of aryl methyl sites for hydroxylation is 1. The van der Waals surface area contributed by atoms with Crippen molar-refractivity contribution >= 4 is 11.8 Å². The SMILES string of the molecule is COc1ccc(-c2c(C#N)c(Sc3ccccc3)nc3c2CCCC3)cc1. The molecule has 134 valence electrons. The number of fused-ring (bicyclic) bond motifs is 1. The van der Waals surface area contributed by atoms with Crippen LogP contribution in [0, 0.1) is 11.3 Å². The molecule has 3 aromatic rings. The predicted molar refractivity (Wildman–Crippen MR) is 108 cm³/mol. The molecule has 0 fully saturated rings. The second kappa shape index (κ2) is 7.85. The van der Waals surface area contributed by atoms with Gasteiger partial charge in [0, 0.05) is 16.2 Å². The zero-order valence-electron chi connectivity index (χ0n) is 15.2. The Labute approximate surface area is 164 Å². The van der Waals surface area contributed by atoms with Crippen molar-refractivity contribution in [1.29, 1.82) is 5.26 Å². The predicted octanol–water partition coefficient (Wildman–Crippen LogP) is 5.66. The van der Waals surface area contributed by atoms with E-state index in [1.54, 1.807) is 18.9 Å². The van der Waals surface area contributed by atoms with Crippen molar-refractivity contribution in [3.63, 3.8) is 0 Å². The molecule has 27 heavy (non-hydrogen) atoms. The number of hydrogen-bond acceptors (Lipinski definition) is 4. The van der Waals surface area contributed by atoms with E-state index in [2.05, 4.69) is 18.2 Å². The lowest BCUT2D eigenvalue weighted by Gasteiger charge is -2.22. The number of aromatic nitrogens is 1. The van der Waals surface area contributed by atoms with Crippen molar-refractivity contribution in [2.24, 2.45) is 0 Å². The smallest absolute Gasteiger partial charge is 0.120 e. The number of benzene rings is 2. The lowest BCUT2D eigenvalue weighted by Crippen LogP contribution is -2.10. The van der Waals surface area contributed by atoms with Crippen molar-refractivity contribution in [3.05, 3.63) is 71.4 Å². The Balaban J connectivity index is 1.89. The van der Waals surface area contributed by atoms with E-state index in [1.807, 2.05) is 42.5 Å². The first-order chi connectivity index (χ1) is 13.3. The van der Waals surface area contributed by atoms with Crippen LogP contribution in [0.4, 0.5) is 0 Å². The molecule has 1 heterocycles. The maximum Gasteiger partial charge on any atom is 0.120 e. The highest BCUT2D eigenvalue weighted by Gasteiger charge is 2.23. The zero-order chi connectivity index (χ0) is 18.6. The van der Waals surface area contributed by atoms with Crippen LogP contribution in [0.2, 0.25) is 0 Å². The van der Waals surface area contributed by atoms with Gasteiger partial charge in [-0.2, -0.15) is 5.26 Å². The fraction of sp³-hybridized carbons (Fsp3) is 0.217. The summed E-state index contributed by atoms with van der Waals surface area (Å²) in [5.41, 5.74) is 5.16.